The number of piperidine rings is 1. The third-order valence-corrected chi connectivity index (χ3v) is 7.99. The van der Waals surface area contributed by atoms with Gasteiger partial charge in [0.1, 0.15) is 5.65 Å². The van der Waals surface area contributed by atoms with E-state index < -0.39 is 16.1 Å². The molecule has 1 saturated heterocycles. The first kappa shape index (κ1) is 22.0. The van der Waals surface area contributed by atoms with Gasteiger partial charge in [-0.25, -0.2) is 13.4 Å². The van der Waals surface area contributed by atoms with Crippen molar-refractivity contribution in [2.45, 2.75) is 30.3 Å². The number of benzene rings is 2. The summed E-state index contributed by atoms with van der Waals surface area (Å²) in [5.41, 5.74) is 8.37. The number of nitrogens with two attached hydrogens (primary N) is 1. The maximum absolute atomic E-state index is 13.9. The fraction of sp³-hybridized carbons (Fsp3) is 0.200. The van der Waals surface area contributed by atoms with E-state index in [1.54, 1.807) is 41.6 Å². The molecule has 0 spiro atoms. The molecule has 5 rings (SSSR count). The van der Waals surface area contributed by atoms with Gasteiger partial charge in [0.2, 0.25) is 5.91 Å². The van der Waals surface area contributed by atoms with Crippen LogP contribution in [-0.2, 0) is 21.4 Å². The average Bonchev–Trinajstić information content (AvgIpc) is 3.31. The number of nitrogens with one attached hydrogen (secondary N) is 1. The van der Waals surface area contributed by atoms with Gasteiger partial charge in [-0.15, -0.1) is 0 Å². The number of fused-ring (bicyclic) bond motifs is 1. The summed E-state index contributed by atoms with van der Waals surface area (Å²) in [6.45, 7) is 0.967. The van der Waals surface area contributed by atoms with Crippen LogP contribution in [0.15, 0.2) is 84.0 Å². The number of aromatic amines is 1. The highest BCUT2D eigenvalue weighted by Gasteiger charge is 2.38. The molecule has 3 heterocycles. The van der Waals surface area contributed by atoms with Gasteiger partial charge in [0.25, 0.3) is 10.0 Å². The highest BCUT2D eigenvalue weighted by molar-refractivity contribution is 7.92. The Bertz CT molecular complexity index is 1440. The van der Waals surface area contributed by atoms with Crippen LogP contribution in [0.3, 0.4) is 0 Å². The van der Waals surface area contributed by atoms with Gasteiger partial charge in [0, 0.05) is 43.0 Å². The molecule has 174 valence electrons. The highest BCUT2D eigenvalue weighted by atomic mass is 32.2. The van der Waals surface area contributed by atoms with E-state index in [1.165, 1.54) is 16.4 Å². The second-order valence-electron chi connectivity index (χ2n) is 8.39. The van der Waals surface area contributed by atoms with E-state index in [-0.39, 0.29) is 17.2 Å². The van der Waals surface area contributed by atoms with E-state index in [2.05, 4.69) is 9.97 Å². The SMILES string of the molecule is Nc1cccc(S(=O)(=O)N(c2ccnc3[nH]ccc23)C2CCN(Cc3ccccc3)C(=O)C2)c1. The second kappa shape index (κ2) is 8.83. The van der Waals surface area contributed by atoms with E-state index >= 15 is 0 Å². The number of pyridine rings is 1. The molecule has 1 aliphatic rings. The van der Waals surface area contributed by atoms with E-state index in [1.807, 2.05) is 30.3 Å². The van der Waals surface area contributed by atoms with Gasteiger partial charge < -0.3 is 15.6 Å². The lowest BCUT2D eigenvalue weighted by atomic mass is 10.0. The maximum Gasteiger partial charge on any atom is 0.264 e. The van der Waals surface area contributed by atoms with Crippen LogP contribution >= 0.6 is 0 Å². The minimum atomic E-state index is -4.00. The smallest absolute Gasteiger partial charge is 0.264 e. The monoisotopic (exact) mass is 475 g/mol. The van der Waals surface area contributed by atoms with Gasteiger partial charge in [0.05, 0.1) is 16.6 Å². The lowest BCUT2D eigenvalue weighted by Gasteiger charge is -2.38. The van der Waals surface area contributed by atoms with Gasteiger partial charge in [-0.05, 0) is 42.3 Å². The molecule has 3 N–H and O–H groups in total. The highest BCUT2D eigenvalue weighted by Crippen LogP contribution is 2.35. The first-order chi connectivity index (χ1) is 16.4. The maximum atomic E-state index is 13.9. The summed E-state index contributed by atoms with van der Waals surface area (Å²) in [7, 11) is -4.00. The summed E-state index contributed by atoms with van der Waals surface area (Å²) < 4.78 is 29.3. The zero-order valence-electron chi connectivity index (χ0n) is 18.5. The van der Waals surface area contributed by atoms with Crippen LogP contribution in [0.25, 0.3) is 11.0 Å². The Labute approximate surface area is 198 Å². The molecule has 2 aromatic carbocycles. The van der Waals surface area contributed by atoms with Gasteiger partial charge >= 0.3 is 0 Å². The normalized spacial score (nSPS) is 16.6. The number of hydrogen-bond acceptors (Lipinski definition) is 5. The van der Waals surface area contributed by atoms with Crippen LogP contribution in [0.4, 0.5) is 11.4 Å². The van der Waals surface area contributed by atoms with Crippen LogP contribution < -0.4 is 10.0 Å². The van der Waals surface area contributed by atoms with Crippen LogP contribution in [0.1, 0.15) is 18.4 Å². The lowest BCUT2D eigenvalue weighted by molar-refractivity contribution is -0.134. The predicted octanol–water partition coefficient (Wildman–Crippen LogP) is 3.53. The molecule has 9 heteroatoms. The molecule has 0 bridgehead atoms. The summed E-state index contributed by atoms with van der Waals surface area (Å²) in [5.74, 6) is -0.0766. The Kier molecular flexibility index (Phi) is 5.70. The number of amides is 1. The Hall–Kier alpha value is -3.85. The summed E-state index contributed by atoms with van der Waals surface area (Å²) in [6, 6.07) is 19.0. The third-order valence-electron chi connectivity index (χ3n) is 6.13. The number of sulfonamides is 1. The quantitative estimate of drug-likeness (QED) is 0.414. The number of H-pyrrole nitrogens is 1. The predicted molar refractivity (Wildman–Crippen MR) is 131 cm³/mol. The zero-order valence-corrected chi connectivity index (χ0v) is 19.3. The zero-order chi connectivity index (χ0) is 23.7. The number of aromatic nitrogens is 2. The number of nitrogen functional groups attached to an aromatic ring is 1. The Morgan fingerprint density at radius 3 is 2.68 bits per heavy atom. The van der Waals surface area contributed by atoms with Crippen molar-refractivity contribution in [3.8, 4) is 0 Å². The van der Waals surface area contributed by atoms with E-state index in [4.69, 9.17) is 5.73 Å². The minimum absolute atomic E-state index is 0.0766. The summed E-state index contributed by atoms with van der Waals surface area (Å²) in [4.78, 5) is 22.4. The van der Waals surface area contributed by atoms with E-state index in [0.29, 0.717) is 41.9 Å². The number of likely N-dealkylation sites (tertiary alicyclic amines) is 1. The summed E-state index contributed by atoms with van der Waals surface area (Å²) in [6.07, 6.45) is 3.89. The average molecular weight is 476 g/mol. The number of carbonyl (C=O) groups excluding carboxylic acids is 1. The molecule has 1 fully saturated rings. The van der Waals surface area contributed by atoms with Crippen molar-refractivity contribution in [1.29, 1.82) is 0 Å². The van der Waals surface area contributed by atoms with Crippen molar-refractivity contribution in [1.82, 2.24) is 14.9 Å². The molecule has 4 aromatic rings. The molecule has 34 heavy (non-hydrogen) atoms. The molecule has 1 amide bonds. The van der Waals surface area contributed by atoms with Gasteiger partial charge in [-0.3, -0.25) is 9.10 Å². The van der Waals surface area contributed by atoms with Crippen molar-refractivity contribution in [3.63, 3.8) is 0 Å². The number of rotatable bonds is 6. The first-order valence-electron chi connectivity index (χ1n) is 11.1. The van der Waals surface area contributed by atoms with Crippen LogP contribution in [0.5, 0.6) is 0 Å². The Morgan fingerprint density at radius 1 is 1.09 bits per heavy atom. The Morgan fingerprint density at radius 2 is 1.91 bits per heavy atom. The Balaban J connectivity index is 1.52. The standard InChI is InChI=1S/C25H25N5O3S/c26-19-7-4-8-21(15-19)34(32,33)30(23-10-13-28-25-22(23)9-12-27-25)20-11-14-29(24(31)16-20)17-18-5-2-1-3-6-18/h1-10,12-13,15,20H,11,14,16-17,26H2,(H,27,28). The van der Waals surface area contributed by atoms with E-state index in [9.17, 15) is 13.2 Å². The third kappa shape index (κ3) is 4.10. The molecule has 2 aromatic heterocycles. The first-order valence-corrected chi connectivity index (χ1v) is 12.5. The summed E-state index contributed by atoms with van der Waals surface area (Å²) in [5, 5.41) is 0.675. The molecule has 1 unspecified atom stereocenters. The molecular weight excluding hydrogens is 450 g/mol. The second-order valence-corrected chi connectivity index (χ2v) is 10.2. The van der Waals surface area contributed by atoms with Crippen LogP contribution in [-0.4, -0.2) is 41.8 Å². The van der Waals surface area contributed by atoms with Gasteiger partial charge in [-0.2, -0.15) is 0 Å². The van der Waals surface area contributed by atoms with Crippen molar-refractivity contribution >= 4 is 38.3 Å². The molecule has 0 aliphatic carbocycles. The van der Waals surface area contributed by atoms with Crippen LogP contribution in [0, 0.1) is 0 Å². The van der Waals surface area contributed by atoms with Crippen molar-refractivity contribution in [2.24, 2.45) is 0 Å². The number of carbonyl (C=O) groups is 1. The van der Waals surface area contributed by atoms with Crippen molar-refractivity contribution < 1.29 is 13.2 Å². The van der Waals surface area contributed by atoms with Gasteiger partial charge in [0.15, 0.2) is 0 Å². The molecule has 8 nitrogen and oxygen atoms in total. The van der Waals surface area contributed by atoms with Crippen LogP contribution in [0.2, 0.25) is 0 Å². The molecule has 1 aliphatic heterocycles. The minimum Gasteiger partial charge on any atom is -0.399 e. The molecular formula is C25H25N5O3S. The topological polar surface area (TPSA) is 112 Å². The van der Waals surface area contributed by atoms with Crippen molar-refractivity contribution in [3.05, 3.63) is 84.7 Å². The number of anilines is 2. The molecule has 1 atom stereocenters. The lowest BCUT2D eigenvalue weighted by Crippen LogP contribution is -2.49. The number of nitrogens with zero attached hydrogens (tertiary/aromatic N) is 3. The van der Waals surface area contributed by atoms with Crippen molar-refractivity contribution in [2.75, 3.05) is 16.6 Å². The fourth-order valence-corrected chi connectivity index (χ4v) is 6.24. The fourth-order valence-electron chi connectivity index (χ4n) is 4.48. The molecule has 0 radical (unpaired) electrons. The van der Waals surface area contributed by atoms with Gasteiger partial charge in [-0.1, -0.05) is 36.4 Å². The van der Waals surface area contributed by atoms with E-state index in [0.717, 1.165) is 5.56 Å². The molecule has 0 saturated carbocycles. The largest absolute Gasteiger partial charge is 0.399 e. The number of hydrogen-bond donors (Lipinski definition) is 2. The summed E-state index contributed by atoms with van der Waals surface area (Å²) >= 11 is 0.